The first-order valence-electron chi connectivity index (χ1n) is 10.4. The molecule has 1 N–H and O–H groups in total. The highest BCUT2D eigenvalue weighted by atomic mass is 32.2. The Bertz CT molecular complexity index is 1370. The Morgan fingerprint density at radius 3 is 2.46 bits per heavy atom. The molecule has 0 fully saturated rings. The van der Waals surface area contributed by atoms with Gasteiger partial charge in [-0.1, -0.05) is 36.4 Å². The van der Waals surface area contributed by atoms with E-state index in [1.165, 1.54) is 37.4 Å². The van der Waals surface area contributed by atoms with Crippen LogP contribution in [0.25, 0.3) is 0 Å². The van der Waals surface area contributed by atoms with Gasteiger partial charge in [-0.05, 0) is 43.7 Å². The normalized spacial score (nSPS) is 11.6. The zero-order chi connectivity index (χ0) is 25.6. The smallest absolute Gasteiger partial charge is 0.270 e. The second kappa shape index (κ2) is 10.8. The molecule has 0 atom stereocenters. The van der Waals surface area contributed by atoms with E-state index in [2.05, 4.69) is 10.5 Å². The molecule has 0 unspecified atom stereocenters. The number of rotatable bonds is 9. The number of nitro groups is 1. The zero-order valence-electron chi connectivity index (χ0n) is 19.3. The summed E-state index contributed by atoms with van der Waals surface area (Å²) in [7, 11) is -2.72. The number of hydrogen-bond acceptors (Lipinski definition) is 7. The predicted octanol–water partition coefficient (Wildman–Crippen LogP) is 3.65. The highest BCUT2D eigenvalue weighted by Crippen LogP contribution is 2.33. The van der Waals surface area contributed by atoms with Crippen LogP contribution in [0.1, 0.15) is 18.1 Å². The van der Waals surface area contributed by atoms with E-state index in [4.69, 9.17) is 4.74 Å². The largest absolute Gasteiger partial charge is 0.495 e. The highest BCUT2D eigenvalue weighted by Gasteiger charge is 2.29. The fourth-order valence-corrected chi connectivity index (χ4v) is 4.68. The summed E-state index contributed by atoms with van der Waals surface area (Å²) >= 11 is 0. The number of benzene rings is 3. The van der Waals surface area contributed by atoms with E-state index in [1.54, 1.807) is 56.3 Å². The fourth-order valence-electron chi connectivity index (χ4n) is 3.24. The summed E-state index contributed by atoms with van der Waals surface area (Å²) in [6.45, 7) is 2.78. The third kappa shape index (κ3) is 6.01. The molecule has 0 aliphatic heterocycles. The predicted molar refractivity (Wildman–Crippen MR) is 132 cm³/mol. The average Bonchev–Trinajstić information content (AvgIpc) is 2.86. The molecule has 0 aromatic heterocycles. The standard InChI is InChI=1S/C24H24N4O6S/c1-17-12-13-23(34-3)22(14-17)27(35(32,33)21-10-5-4-6-11-21)16-24(29)26-25-18(2)19-8-7-9-20(15-19)28(30)31/h4-15H,16H2,1-3H3,(H,26,29)/b25-18-. The van der Waals surface area contributed by atoms with Crippen LogP contribution in [0.4, 0.5) is 11.4 Å². The lowest BCUT2D eigenvalue weighted by molar-refractivity contribution is -0.384. The lowest BCUT2D eigenvalue weighted by Crippen LogP contribution is -2.40. The summed E-state index contributed by atoms with van der Waals surface area (Å²) in [5.74, 6) is -0.433. The molecule has 10 nitrogen and oxygen atoms in total. The summed E-state index contributed by atoms with van der Waals surface area (Å²) in [5.41, 5.74) is 3.95. The van der Waals surface area contributed by atoms with Gasteiger partial charge in [-0.2, -0.15) is 5.10 Å². The Labute approximate surface area is 203 Å². The van der Waals surface area contributed by atoms with Gasteiger partial charge in [0, 0.05) is 17.7 Å². The van der Waals surface area contributed by atoms with E-state index in [0.29, 0.717) is 11.3 Å². The van der Waals surface area contributed by atoms with Crippen molar-refractivity contribution in [2.45, 2.75) is 18.7 Å². The van der Waals surface area contributed by atoms with Gasteiger partial charge in [0.2, 0.25) is 0 Å². The van der Waals surface area contributed by atoms with Crippen molar-refractivity contribution in [3.63, 3.8) is 0 Å². The van der Waals surface area contributed by atoms with Gasteiger partial charge in [0.25, 0.3) is 21.6 Å². The molecule has 0 aliphatic carbocycles. The number of sulfonamides is 1. The molecule has 1 amide bonds. The lowest BCUT2D eigenvalue weighted by atomic mass is 10.1. The van der Waals surface area contributed by atoms with E-state index < -0.39 is 27.4 Å². The van der Waals surface area contributed by atoms with E-state index in [1.807, 2.05) is 0 Å². The lowest BCUT2D eigenvalue weighted by Gasteiger charge is -2.25. The van der Waals surface area contributed by atoms with Gasteiger partial charge >= 0.3 is 0 Å². The number of anilines is 1. The molecule has 0 heterocycles. The number of aryl methyl sites for hydroxylation is 1. The number of methoxy groups -OCH3 is 1. The monoisotopic (exact) mass is 496 g/mol. The molecule has 182 valence electrons. The van der Waals surface area contributed by atoms with Crippen molar-refractivity contribution in [3.05, 3.63) is 94.0 Å². The summed E-state index contributed by atoms with van der Waals surface area (Å²) < 4.78 is 33.3. The van der Waals surface area contributed by atoms with Gasteiger partial charge in [0.15, 0.2) is 0 Å². The van der Waals surface area contributed by atoms with Crippen molar-refractivity contribution >= 4 is 33.0 Å². The number of carbonyl (C=O) groups is 1. The van der Waals surface area contributed by atoms with Crippen LogP contribution in [0.15, 0.2) is 82.8 Å². The number of hydrazone groups is 1. The third-order valence-electron chi connectivity index (χ3n) is 5.04. The quantitative estimate of drug-likeness (QED) is 0.273. The van der Waals surface area contributed by atoms with Gasteiger partial charge < -0.3 is 4.74 Å². The van der Waals surface area contributed by atoms with Gasteiger partial charge in [0.05, 0.1) is 28.3 Å². The van der Waals surface area contributed by atoms with Gasteiger partial charge in [-0.3, -0.25) is 19.2 Å². The second-order valence-corrected chi connectivity index (χ2v) is 9.40. The molecule has 11 heteroatoms. The molecular weight excluding hydrogens is 472 g/mol. The van der Waals surface area contributed by atoms with Crippen molar-refractivity contribution in [3.8, 4) is 5.75 Å². The van der Waals surface area contributed by atoms with Crippen LogP contribution in [-0.4, -0.2) is 38.6 Å². The van der Waals surface area contributed by atoms with Crippen molar-refractivity contribution in [2.75, 3.05) is 18.0 Å². The molecule has 0 spiro atoms. The molecule has 3 aromatic rings. The van der Waals surface area contributed by atoms with Crippen LogP contribution in [0.2, 0.25) is 0 Å². The van der Waals surface area contributed by atoms with Gasteiger partial charge in [0.1, 0.15) is 12.3 Å². The van der Waals surface area contributed by atoms with Crippen LogP contribution >= 0.6 is 0 Å². The van der Waals surface area contributed by atoms with E-state index in [0.717, 1.165) is 9.87 Å². The van der Waals surface area contributed by atoms with Crippen molar-refractivity contribution < 1.29 is 22.9 Å². The number of nitrogens with one attached hydrogen (secondary N) is 1. The Morgan fingerprint density at radius 1 is 1.09 bits per heavy atom. The van der Waals surface area contributed by atoms with E-state index in [9.17, 15) is 23.3 Å². The molecule has 0 aliphatic rings. The molecule has 0 saturated heterocycles. The molecule has 3 aromatic carbocycles. The number of carbonyl (C=O) groups excluding carboxylic acids is 1. The maximum absolute atomic E-state index is 13.5. The maximum atomic E-state index is 13.5. The zero-order valence-corrected chi connectivity index (χ0v) is 20.2. The van der Waals surface area contributed by atoms with Gasteiger partial charge in [-0.25, -0.2) is 13.8 Å². The minimum absolute atomic E-state index is 0.00707. The molecule has 0 bridgehead atoms. The number of amides is 1. The van der Waals surface area contributed by atoms with Crippen LogP contribution in [0.5, 0.6) is 5.75 Å². The summed E-state index contributed by atoms with van der Waals surface area (Å²) in [4.78, 5) is 23.3. The second-order valence-electron chi connectivity index (χ2n) is 7.54. The van der Waals surface area contributed by atoms with Crippen LogP contribution in [0.3, 0.4) is 0 Å². The molecule has 3 rings (SSSR count). The number of nitrogens with zero attached hydrogens (tertiary/aromatic N) is 3. The summed E-state index contributed by atoms with van der Waals surface area (Å²) in [5, 5.41) is 15.0. The minimum atomic E-state index is -4.14. The number of hydrogen-bond donors (Lipinski definition) is 1. The molecule has 35 heavy (non-hydrogen) atoms. The first-order chi connectivity index (χ1) is 16.6. The molecule has 0 radical (unpaired) electrons. The number of non-ortho nitro benzene ring substituents is 1. The SMILES string of the molecule is COc1ccc(C)cc1N(CC(=O)N/N=C(/C)c1cccc([N+](=O)[O-])c1)S(=O)(=O)c1ccccc1. The Kier molecular flexibility index (Phi) is 7.82. The first-order valence-corrected chi connectivity index (χ1v) is 11.9. The Hall–Kier alpha value is -4.25. The van der Waals surface area contributed by atoms with Crippen LogP contribution in [-0.2, 0) is 14.8 Å². The first kappa shape index (κ1) is 25.4. The van der Waals surface area contributed by atoms with Crippen LogP contribution < -0.4 is 14.5 Å². The molecular formula is C24H24N4O6S. The molecule has 0 saturated carbocycles. The maximum Gasteiger partial charge on any atom is 0.270 e. The van der Waals surface area contributed by atoms with Crippen molar-refractivity contribution in [1.29, 1.82) is 0 Å². The van der Waals surface area contributed by atoms with Crippen LogP contribution in [0, 0.1) is 17.0 Å². The fraction of sp³-hybridized carbons (Fsp3) is 0.167. The number of ether oxygens (including phenoxy) is 1. The summed E-state index contributed by atoms with van der Waals surface area (Å²) in [6.07, 6.45) is 0. The van der Waals surface area contributed by atoms with E-state index >= 15 is 0 Å². The van der Waals surface area contributed by atoms with E-state index in [-0.39, 0.29) is 22.0 Å². The summed E-state index contributed by atoms with van der Waals surface area (Å²) in [6, 6.07) is 18.5. The van der Waals surface area contributed by atoms with Gasteiger partial charge in [-0.15, -0.1) is 0 Å². The average molecular weight is 497 g/mol. The topological polar surface area (TPSA) is 131 Å². The highest BCUT2D eigenvalue weighted by molar-refractivity contribution is 7.92. The third-order valence-corrected chi connectivity index (χ3v) is 6.82. The Balaban J connectivity index is 1.93. The van der Waals surface area contributed by atoms with Crippen molar-refractivity contribution in [2.24, 2.45) is 5.10 Å². The Morgan fingerprint density at radius 2 is 1.80 bits per heavy atom. The number of nitro benzene ring substituents is 1. The minimum Gasteiger partial charge on any atom is -0.495 e. The van der Waals surface area contributed by atoms with Crippen molar-refractivity contribution in [1.82, 2.24) is 5.43 Å².